The highest BCUT2D eigenvalue weighted by Gasteiger charge is 2.50. The van der Waals surface area contributed by atoms with Crippen molar-refractivity contribution in [3.05, 3.63) is 51.6 Å². The van der Waals surface area contributed by atoms with Crippen molar-refractivity contribution in [2.45, 2.75) is 62.4 Å². The van der Waals surface area contributed by atoms with Crippen LogP contribution in [0.15, 0.2) is 18.2 Å². The maximum atomic E-state index is 13.7. The van der Waals surface area contributed by atoms with E-state index in [1.165, 1.54) is 25.3 Å². The first kappa shape index (κ1) is 28.6. The first-order chi connectivity index (χ1) is 19.0. The van der Waals surface area contributed by atoms with Gasteiger partial charge in [-0.2, -0.15) is 0 Å². The zero-order valence-electron chi connectivity index (χ0n) is 21.7. The molecule has 13 heteroatoms. The zero-order chi connectivity index (χ0) is 29.1. The predicted molar refractivity (Wildman–Crippen MR) is 140 cm³/mol. The fourth-order valence-electron chi connectivity index (χ4n) is 5.88. The van der Waals surface area contributed by atoms with Crippen molar-refractivity contribution >= 4 is 26.7 Å². The molecule has 2 aromatic rings. The SMILES string of the molecule is COc1cccc2c1C(=O)c1c(O)c3c(c(O)c1C2=O)C[C@@](O)(C(=O)CO)C[C@@H]3OC1CC(NP)C(O)C(C)O1. The summed E-state index contributed by atoms with van der Waals surface area (Å²) in [6, 6.07) is 3.92. The number of methoxy groups -OCH3 is 1. The molecule has 0 amide bonds. The first-order valence-corrected chi connectivity index (χ1v) is 13.2. The normalized spacial score (nSPS) is 29.4. The Bertz CT molecular complexity index is 1410. The molecular formula is C27H30NO11P. The largest absolute Gasteiger partial charge is 0.507 e. The van der Waals surface area contributed by atoms with Crippen molar-refractivity contribution in [3.8, 4) is 17.2 Å². The summed E-state index contributed by atoms with van der Waals surface area (Å²) in [7, 11) is 3.63. The Hall–Kier alpha value is -2.96. The summed E-state index contributed by atoms with van der Waals surface area (Å²) in [6.45, 7) is 0.619. The summed E-state index contributed by atoms with van der Waals surface area (Å²) in [5, 5.41) is 57.0. The minimum Gasteiger partial charge on any atom is -0.507 e. The minimum absolute atomic E-state index is 0.0454. The van der Waals surface area contributed by atoms with Crippen LogP contribution in [0.2, 0.25) is 0 Å². The lowest BCUT2D eigenvalue weighted by Gasteiger charge is -2.42. The van der Waals surface area contributed by atoms with E-state index in [9.17, 15) is 39.9 Å². The molecule has 5 unspecified atom stereocenters. The molecule has 1 heterocycles. The highest BCUT2D eigenvalue weighted by atomic mass is 31.0. The average molecular weight is 576 g/mol. The molecule has 1 fully saturated rings. The standard InChI is InChI=1S/C27H30NO11P/c1-10-22(31)13(28-40)6-17(38-10)39-15-8-27(36,16(30)9-29)7-12-19(15)26(35)21-20(24(12)33)23(32)11-4-3-5-14(37-2)18(11)25(21)34/h3-5,10,13,15,17,22,28-29,31,33,35-36H,6-9,40H2,1-2H3/t10?,13?,15-,17?,22?,27-/m0/s1. The Labute approximate surface area is 231 Å². The first-order valence-electron chi connectivity index (χ1n) is 12.7. The van der Waals surface area contributed by atoms with Crippen LogP contribution in [0.1, 0.15) is 68.8 Å². The highest BCUT2D eigenvalue weighted by molar-refractivity contribution is 7.13. The number of aliphatic hydroxyl groups is 3. The summed E-state index contributed by atoms with van der Waals surface area (Å²) >= 11 is 0. The molecule has 2 aromatic carbocycles. The third kappa shape index (κ3) is 4.31. The third-order valence-corrected chi connectivity index (χ3v) is 8.40. The van der Waals surface area contributed by atoms with E-state index in [-0.39, 0.29) is 34.4 Å². The van der Waals surface area contributed by atoms with Gasteiger partial charge in [0.05, 0.1) is 42.1 Å². The fraction of sp³-hybridized carbons (Fsp3) is 0.444. The van der Waals surface area contributed by atoms with Crippen LogP contribution >= 0.6 is 9.39 Å². The van der Waals surface area contributed by atoms with Gasteiger partial charge in [0.2, 0.25) is 5.78 Å². The maximum absolute atomic E-state index is 13.7. The zero-order valence-corrected chi connectivity index (χ0v) is 22.9. The number of benzene rings is 2. The molecule has 12 nitrogen and oxygen atoms in total. The Morgan fingerprint density at radius 3 is 2.52 bits per heavy atom. The summed E-state index contributed by atoms with van der Waals surface area (Å²) in [4.78, 5) is 39.9. The second-order valence-corrected chi connectivity index (χ2v) is 10.6. The topological polar surface area (TPSA) is 192 Å². The van der Waals surface area contributed by atoms with Crippen LogP contribution in [0.3, 0.4) is 0 Å². The number of ether oxygens (including phenoxy) is 3. The van der Waals surface area contributed by atoms with Gasteiger partial charge in [-0.15, -0.1) is 0 Å². The van der Waals surface area contributed by atoms with E-state index < -0.39 is 95.7 Å². The van der Waals surface area contributed by atoms with E-state index >= 15 is 0 Å². The van der Waals surface area contributed by atoms with Crippen molar-refractivity contribution in [2.75, 3.05) is 13.7 Å². The van der Waals surface area contributed by atoms with Crippen molar-refractivity contribution in [1.29, 1.82) is 0 Å². The molecule has 5 rings (SSSR count). The van der Waals surface area contributed by atoms with Gasteiger partial charge in [-0.1, -0.05) is 21.5 Å². The maximum Gasteiger partial charge on any atom is 0.202 e. The van der Waals surface area contributed by atoms with E-state index in [1.807, 2.05) is 0 Å². The van der Waals surface area contributed by atoms with Gasteiger partial charge in [0.15, 0.2) is 17.9 Å². The van der Waals surface area contributed by atoms with Crippen LogP contribution in [0.25, 0.3) is 0 Å². The number of aromatic hydroxyl groups is 2. The highest BCUT2D eigenvalue weighted by Crippen LogP contribution is 2.52. The van der Waals surface area contributed by atoms with Gasteiger partial charge in [-0.05, 0) is 13.0 Å². The quantitative estimate of drug-likeness (QED) is 0.176. The third-order valence-electron chi connectivity index (χ3n) is 7.97. The van der Waals surface area contributed by atoms with Crippen LogP contribution in [0.4, 0.5) is 0 Å². The summed E-state index contributed by atoms with van der Waals surface area (Å²) in [5.41, 5.74) is -3.55. The van der Waals surface area contributed by atoms with Crippen molar-refractivity contribution in [1.82, 2.24) is 5.09 Å². The second-order valence-electron chi connectivity index (χ2n) is 10.3. The predicted octanol–water partition coefficient (Wildman–Crippen LogP) is 0.422. The summed E-state index contributed by atoms with van der Waals surface area (Å²) < 4.78 is 17.2. The van der Waals surface area contributed by atoms with Gasteiger partial charge < -0.3 is 39.7 Å². The Morgan fingerprint density at radius 1 is 1.18 bits per heavy atom. The lowest BCUT2D eigenvalue weighted by molar-refractivity contribution is -0.248. The molecule has 3 aliphatic rings. The van der Waals surface area contributed by atoms with Crippen LogP contribution in [-0.4, -0.2) is 86.7 Å². The Balaban J connectivity index is 1.68. The lowest BCUT2D eigenvalue weighted by atomic mass is 9.72. The number of carbonyl (C=O) groups is 3. The second kappa shape index (κ2) is 10.5. The van der Waals surface area contributed by atoms with E-state index in [0.717, 1.165) is 0 Å². The van der Waals surface area contributed by atoms with Gasteiger partial charge >= 0.3 is 0 Å². The smallest absolute Gasteiger partial charge is 0.202 e. The lowest BCUT2D eigenvalue weighted by Crippen LogP contribution is -2.52. The molecule has 0 radical (unpaired) electrons. The van der Waals surface area contributed by atoms with Crippen LogP contribution in [0.5, 0.6) is 17.2 Å². The number of hydrogen-bond acceptors (Lipinski definition) is 12. The van der Waals surface area contributed by atoms with E-state index in [1.54, 1.807) is 6.92 Å². The van der Waals surface area contributed by atoms with Crippen molar-refractivity contribution in [2.24, 2.45) is 0 Å². The molecule has 7 atom stereocenters. The minimum atomic E-state index is -2.23. The number of phenolic OH excluding ortho intramolecular Hbond substituents is 2. The Morgan fingerprint density at radius 2 is 1.88 bits per heavy atom. The van der Waals surface area contributed by atoms with Crippen LogP contribution < -0.4 is 9.82 Å². The van der Waals surface area contributed by atoms with Crippen LogP contribution in [0, 0.1) is 0 Å². The molecule has 0 bridgehead atoms. The molecule has 6 N–H and O–H groups in total. The molecule has 2 aliphatic carbocycles. The average Bonchev–Trinajstić information content (AvgIpc) is 2.94. The molecule has 1 aliphatic heterocycles. The summed E-state index contributed by atoms with van der Waals surface area (Å²) in [6.07, 6.45) is -4.75. The van der Waals surface area contributed by atoms with Gasteiger partial charge in [-0.25, -0.2) is 0 Å². The van der Waals surface area contributed by atoms with Crippen molar-refractivity contribution in [3.63, 3.8) is 0 Å². The summed E-state index contributed by atoms with van der Waals surface area (Å²) in [5.74, 6) is -3.71. The molecule has 0 aromatic heterocycles. The monoisotopic (exact) mass is 575 g/mol. The number of Topliss-reactive ketones (excluding diaryl/α,β-unsaturated/α-hetero) is 1. The fourth-order valence-corrected chi connectivity index (χ4v) is 6.21. The Kier molecular flexibility index (Phi) is 7.47. The van der Waals surface area contributed by atoms with Crippen LogP contribution in [-0.2, 0) is 20.7 Å². The molecule has 0 saturated carbocycles. The van der Waals surface area contributed by atoms with Gasteiger partial charge in [0.25, 0.3) is 0 Å². The number of ketones is 3. The molecule has 214 valence electrons. The van der Waals surface area contributed by atoms with E-state index in [0.29, 0.717) is 0 Å². The van der Waals surface area contributed by atoms with Gasteiger partial charge in [-0.3, -0.25) is 19.5 Å². The number of rotatable bonds is 6. The number of nitrogens with one attached hydrogen (secondary N) is 1. The number of phenols is 2. The molecule has 1 saturated heterocycles. The van der Waals surface area contributed by atoms with Gasteiger partial charge in [0.1, 0.15) is 29.5 Å². The molecular weight excluding hydrogens is 545 g/mol. The molecule has 40 heavy (non-hydrogen) atoms. The number of fused-ring (bicyclic) bond motifs is 3. The van der Waals surface area contributed by atoms with Crippen molar-refractivity contribution < 1.29 is 54.1 Å². The van der Waals surface area contributed by atoms with E-state index in [4.69, 9.17) is 14.2 Å². The number of hydrogen-bond donors (Lipinski definition) is 6. The van der Waals surface area contributed by atoms with E-state index in [2.05, 4.69) is 14.5 Å². The number of aliphatic hydroxyl groups excluding tert-OH is 2. The van der Waals surface area contributed by atoms with Gasteiger partial charge in [0, 0.05) is 42.0 Å². The number of carbonyl (C=O) groups excluding carboxylic acids is 3. The molecule has 0 spiro atoms.